The lowest BCUT2D eigenvalue weighted by Crippen LogP contribution is -2.39. The van der Waals surface area contributed by atoms with Crippen LogP contribution in [0, 0.1) is 0 Å². The Bertz CT molecular complexity index is 388. The molecule has 1 aliphatic heterocycles. The van der Waals surface area contributed by atoms with Crippen LogP contribution in [0.25, 0.3) is 0 Å². The van der Waals surface area contributed by atoms with Crippen molar-refractivity contribution >= 4 is 0 Å². The van der Waals surface area contributed by atoms with Crippen LogP contribution in [0.1, 0.15) is 25.5 Å². The van der Waals surface area contributed by atoms with Gasteiger partial charge >= 0.3 is 0 Å². The lowest BCUT2D eigenvalue weighted by molar-refractivity contribution is -0.139. The number of nitrogens with one attached hydrogen (secondary N) is 1. The molecule has 0 bridgehead atoms. The van der Waals surface area contributed by atoms with Crippen LogP contribution in [0.15, 0.2) is 24.3 Å². The van der Waals surface area contributed by atoms with E-state index in [0.717, 1.165) is 11.3 Å². The number of benzene rings is 1. The van der Waals surface area contributed by atoms with Crippen molar-refractivity contribution in [2.45, 2.75) is 25.7 Å². The Morgan fingerprint density at radius 1 is 1.33 bits per heavy atom. The van der Waals surface area contributed by atoms with Crippen LogP contribution >= 0.6 is 0 Å². The molecule has 0 spiro atoms. The van der Waals surface area contributed by atoms with Gasteiger partial charge in [0.1, 0.15) is 5.75 Å². The SMILES string of the molecule is COc1ccccc1[C@H](C)NCC1(C)OCCO1. The van der Waals surface area contributed by atoms with Gasteiger partial charge in [-0.15, -0.1) is 0 Å². The van der Waals surface area contributed by atoms with Gasteiger partial charge in [-0.25, -0.2) is 0 Å². The van der Waals surface area contributed by atoms with Crippen LogP contribution in [0.3, 0.4) is 0 Å². The third-order valence-electron chi connectivity index (χ3n) is 3.23. The molecule has 1 heterocycles. The molecule has 0 unspecified atom stereocenters. The smallest absolute Gasteiger partial charge is 0.178 e. The second-order valence-electron chi connectivity index (χ2n) is 4.68. The Morgan fingerprint density at radius 3 is 2.67 bits per heavy atom. The third kappa shape index (κ3) is 3.02. The van der Waals surface area contributed by atoms with E-state index in [1.54, 1.807) is 7.11 Å². The Hall–Kier alpha value is -1.10. The summed E-state index contributed by atoms with van der Waals surface area (Å²) in [5.74, 6) is 0.395. The Labute approximate surface area is 108 Å². The summed E-state index contributed by atoms with van der Waals surface area (Å²) < 4.78 is 16.5. The number of hydrogen-bond acceptors (Lipinski definition) is 4. The molecule has 1 atom stereocenters. The minimum Gasteiger partial charge on any atom is -0.496 e. The summed E-state index contributed by atoms with van der Waals surface area (Å²) in [7, 11) is 1.69. The van der Waals surface area contributed by atoms with Crippen LogP contribution in [0.2, 0.25) is 0 Å². The monoisotopic (exact) mass is 251 g/mol. The second kappa shape index (κ2) is 5.69. The van der Waals surface area contributed by atoms with E-state index < -0.39 is 5.79 Å². The molecule has 1 aromatic rings. The van der Waals surface area contributed by atoms with Crippen LogP contribution in [0.5, 0.6) is 5.75 Å². The molecule has 1 aromatic carbocycles. The fourth-order valence-corrected chi connectivity index (χ4v) is 2.13. The highest BCUT2D eigenvalue weighted by atomic mass is 16.7. The molecule has 100 valence electrons. The first-order valence-electron chi connectivity index (χ1n) is 6.29. The summed E-state index contributed by atoms with van der Waals surface area (Å²) in [4.78, 5) is 0. The minimum absolute atomic E-state index is 0.186. The molecule has 0 radical (unpaired) electrons. The second-order valence-corrected chi connectivity index (χ2v) is 4.68. The summed E-state index contributed by atoms with van der Waals surface area (Å²) in [6.45, 7) is 6.06. The molecule has 1 aliphatic rings. The van der Waals surface area contributed by atoms with Crippen LogP contribution in [-0.4, -0.2) is 32.7 Å². The standard InChI is InChI=1S/C14H21NO3/c1-11(12-6-4-5-7-13(12)16-3)15-10-14(2)17-8-9-18-14/h4-7,11,15H,8-10H2,1-3H3/t11-/m0/s1. The van der Waals surface area contributed by atoms with Crippen LogP contribution in [-0.2, 0) is 9.47 Å². The maximum atomic E-state index is 5.57. The average molecular weight is 251 g/mol. The third-order valence-corrected chi connectivity index (χ3v) is 3.23. The Kier molecular flexibility index (Phi) is 4.22. The summed E-state index contributed by atoms with van der Waals surface area (Å²) in [5, 5.41) is 3.43. The molecule has 1 fully saturated rings. The predicted molar refractivity (Wildman–Crippen MR) is 69.7 cm³/mol. The molecule has 0 aromatic heterocycles. The molecule has 18 heavy (non-hydrogen) atoms. The molecule has 4 heteroatoms. The van der Waals surface area contributed by atoms with Crippen molar-refractivity contribution in [3.05, 3.63) is 29.8 Å². The number of para-hydroxylation sites is 1. The highest BCUT2D eigenvalue weighted by Gasteiger charge is 2.31. The lowest BCUT2D eigenvalue weighted by atomic mass is 10.1. The number of ether oxygens (including phenoxy) is 3. The molecular weight excluding hydrogens is 230 g/mol. The molecule has 2 rings (SSSR count). The van der Waals surface area contributed by atoms with Crippen molar-refractivity contribution in [1.82, 2.24) is 5.32 Å². The van der Waals surface area contributed by atoms with Gasteiger partial charge in [0.05, 0.1) is 20.3 Å². The highest BCUT2D eigenvalue weighted by Crippen LogP contribution is 2.25. The van der Waals surface area contributed by atoms with E-state index in [1.807, 2.05) is 25.1 Å². The van der Waals surface area contributed by atoms with Crippen molar-refractivity contribution in [3.63, 3.8) is 0 Å². The van der Waals surface area contributed by atoms with Gasteiger partial charge in [-0.05, 0) is 19.9 Å². The first-order valence-corrected chi connectivity index (χ1v) is 6.29. The topological polar surface area (TPSA) is 39.7 Å². The summed E-state index contributed by atoms with van der Waals surface area (Å²) in [6.07, 6.45) is 0. The number of hydrogen-bond donors (Lipinski definition) is 1. The first kappa shape index (κ1) is 13.3. The van der Waals surface area contributed by atoms with E-state index >= 15 is 0 Å². The van der Waals surface area contributed by atoms with Gasteiger partial charge in [0.25, 0.3) is 0 Å². The van der Waals surface area contributed by atoms with Gasteiger partial charge in [0, 0.05) is 18.2 Å². The van der Waals surface area contributed by atoms with Gasteiger partial charge in [-0.2, -0.15) is 0 Å². The van der Waals surface area contributed by atoms with E-state index in [1.165, 1.54) is 0 Å². The van der Waals surface area contributed by atoms with Crippen molar-refractivity contribution in [2.24, 2.45) is 0 Å². The quantitative estimate of drug-likeness (QED) is 0.870. The molecule has 0 saturated carbocycles. The molecule has 4 nitrogen and oxygen atoms in total. The Balaban J connectivity index is 1.96. The number of methoxy groups -OCH3 is 1. The summed E-state index contributed by atoms with van der Waals surface area (Å²) in [5.41, 5.74) is 1.14. The van der Waals surface area contributed by atoms with Gasteiger partial charge < -0.3 is 19.5 Å². The van der Waals surface area contributed by atoms with Crippen molar-refractivity contribution in [2.75, 3.05) is 26.9 Å². The average Bonchev–Trinajstić information content (AvgIpc) is 2.83. The molecule has 0 amide bonds. The fraction of sp³-hybridized carbons (Fsp3) is 0.571. The normalized spacial score (nSPS) is 19.7. The maximum Gasteiger partial charge on any atom is 0.178 e. The molecule has 0 aliphatic carbocycles. The van der Waals surface area contributed by atoms with Crippen LogP contribution in [0.4, 0.5) is 0 Å². The predicted octanol–water partition coefficient (Wildman–Crippen LogP) is 2.11. The van der Waals surface area contributed by atoms with Gasteiger partial charge in [-0.1, -0.05) is 18.2 Å². The lowest BCUT2D eigenvalue weighted by Gasteiger charge is -2.25. The van der Waals surface area contributed by atoms with Gasteiger partial charge in [-0.3, -0.25) is 0 Å². The molecule has 1 N–H and O–H groups in total. The van der Waals surface area contributed by atoms with E-state index in [2.05, 4.69) is 18.3 Å². The Morgan fingerprint density at radius 2 is 2.00 bits per heavy atom. The van der Waals surface area contributed by atoms with E-state index in [9.17, 15) is 0 Å². The van der Waals surface area contributed by atoms with Crippen LogP contribution < -0.4 is 10.1 Å². The zero-order chi connectivity index (χ0) is 13.0. The van der Waals surface area contributed by atoms with Gasteiger partial charge in [0.2, 0.25) is 0 Å². The van der Waals surface area contributed by atoms with E-state index in [4.69, 9.17) is 14.2 Å². The van der Waals surface area contributed by atoms with Crippen molar-refractivity contribution in [3.8, 4) is 5.75 Å². The van der Waals surface area contributed by atoms with E-state index in [-0.39, 0.29) is 6.04 Å². The first-order chi connectivity index (χ1) is 8.64. The van der Waals surface area contributed by atoms with E-state index in [0.29, 0.717) is 19.8 Å². The molecule has 1 saturated heterocycles. The van der Waals surface area contributed by atoms with Gasteiger partial charge in [0.15, 0.2) is 5.79 Å². The fourth-order valence-electron chi connectivity index (χ4n) is 2.13. The van der Waals surface area contributed by atoms with Crippen molar-refractivity contribution in [1.29, 1.82) is 0 Å². The maximum absolute atomic E-state index is 5.57. The zero-order valence-corrected chi connectivity index (χ0v) is 11.2. The summed E-state index contributed by atoms with van der Waals surface area (Å²) >= 11 is 0. The zero-order valence-electron chi connectivity index (χ0n) is 11.2. The largest absolute Gasteiger partial charge is 0.496 e. The minimum atomic E-state index is -0.504. The number of rotatable bonds is 5. The summed E-state index contributed by atoms with van der Waals surface area (Å²) in [6, 6.07) is 8.21. The molecular formula is C14H21NO3. The highest BCUT2D eigenvalue weighted by molar-refractivity contribution is 5.35. The van der Waals surface area contributed by atoms with Crippen molar-refractivity contribution < 1.29 is 14.2 Å².